The van der Waals surface area contributed by atoms with Gasteiger partial charge in [0.1, 0.15) is 0 Å². The SMILES string of the molecule is O=C(O)c1ccc(S(=O)(=O)CCn2ccccc2=O)o1. The van der Waals surface area contributed by atoms with Crippen LogP contribution < -0.4 is 5.56 Å². The lowest BCUT2D eigenvalue weighted by Crippen LogP contribution is -2.22. The molecule has 0 aromatic carbocycles. The zero-order chi connectivity index (χ0) is 14.8. The number of furan rings is 1. The van der Waals surface area contributed by atoms with Crippen molar-refractivity contribution < 1.29 is 22.7 Å². The molecular formula is C12H11NO6S. The van der Waals surface area contributed by atoms with E-state index in [1.165, 1.54) is 16.8 Å². The van der Waals surface area contributed by atoms with Gasteiger partial charge in [-0.25, -0.2) is 13.2 Å². The Morgan fingerprint density at radius 3 is 2.60 bits per heavy atom. The maximum atomic E-state index is 12.0. The first-order valence-electron chi connectivity index (χ1n) is 5.61. The number of carbonyl (C=O) groups is 1. The highest BCUT2D eigenvalue weighted by Crippen LogP contribution is 2.15. The molecular weight excluding hydrogens is 286 g/mol. The standard InChI is InChI=1S/C12H11NO6S/c14-10-3-1-2-6-13(10)7-8-20(17,18)11-5-4-9(19-11)12(15)16/h1-6H,7-8H2,(H,15,16). The largest absolute Gasteiger partial charge is 0.475 e. The minimum atomic E-state index is -3.78. The zero-order valence-corrected chi connectivity index (χ0v) is 11.0. The Morgan fingerprint density at radius 2 is 2.00 bits per heavy atom. The molecule has 106 valence electrons. The number of aromatic nitrogens is 1. The highest BCUT2D eigenvalue weighted by Gasteiger charge is 2.21. The Bertz CT molecular complexity index is 786. The number of rotatable bonds is 5. The average Bonchev–Trinajstić information content (AvgIpc) is 2.88. The minimum Gasteiger partial charge on any atom is -0.475 e. The van der Waals surface area contributed by atoms with Gasteiger partial charge in [-0.05, 0) is 18.2 Å². The Morgan fingerprint density at radius 1 is 1.25 bits per heavy atom. The van der Waals surface area contributed by atoms with Crippen LogP contribution in [-0.4, -0.2) is 29.8 Å². The van der Waals surface area contributed by atoms with E-state index >= 15 is 0 Å². The van der Waals surface area contributed by atoms with E-state index in [0.29, 0.717) is 0 Å². The number of sulfone groups is 1. The Kier molecular flexibility index (Phi) is 3.75. The van der Waals surface area contributed by atoms with Crippen LogP contribution in [0.2, 0.25) is 0 Å². The van der Waals surface area contributed by atoms with Gasteiger partial charge in [-0.1, -0.05) is 6.07 Å². The molecule has 0 radical (unpaired) electrons. The number of aromatic carboxylic acids is 1. The van der Waals surface area contributed by atoms with Crippen LogP contribution in [0.4, 0.5) is 0 Å². The number of pyridine rings is 1. The summed E-state index contributed by atoms with van der Waals surface area (Å²) in [6.45, 7) is -0.0366. The number of aryl methyl sites for hydroxylation is 1. The summed E-state index contributed by atoms with van der Waals surface area (Å²) in [5, 5.41) is 8.26. The fourth-order valence-corrected chi connectivity index (χ4v) is 2.70. The van der Waals surface area contributed by atoms with E-state index in [1.807, 2.05) is 0 Å². The molecule has 0 aliphatic carbocycles. The fourth-order valence-electron chi connectivity index (χ4n) is 1.57. The van der Waals surface area contributed by atoms with Gasteiger partial charge in [-0.3, -0.25) is 4.79 Å². The molecule has 0 unspecified atom stereocenters. The van der Waals surface area contributed by atoms with Crippen molar-refractivity contribution in [1.29, 1.82) is 0 Å². The van der Waals surface area contributed by atoms with Gasteiger partial charge in [-0.15, -0.1) is 0 Å². The van der Waals surface area contributed by atoms with E-state index in [2.05, 4.69) is 0 Å². The molecule has 2 heterocycles. The first-order valence-corrected chi connectivity index (χ1v) is 7.27. The third-order valence-electron chi connectivity index (χ3n) is 2.60. The van der Waals surface area contributed by atoms with Crippen molar-refractivity contribution in [2.75, 3.05) is 5.75 Å². The van der Waals surface area contributed by atoms with Crippen molar-refractivity contribution in [2.45, 2.75) is 11.6 Å². The van der Waals surface area contributed by atoms with Crippen LogP contribution in [0.3, 0.4) is 0 Å². The lowest BCUT2D eigenvalue weighted by atomic mass is 10.5. The Balaban J connectivity index is 2.17. The molecule has 8 heteroatoms. The number of nitrogens with zero attached hydrogens (tertiary/aromatic N) is 1. The van der Waals surface area contributed by atoms with Gasteiger partial charge < -0.3 is 14.1 Å². The molecule has 1 N–H and O–H groups in total. The quantitative estimate of drug-likeness (QED) is 0.866. The van der Waals surface area contributed by atoms with E-state index in [9.17, 15) is 18.0 Å². The molecule has 2 aromatic rings. The third kappa shape index (κ3) is 2.97. The summed E-state index contributed by atoms with van der Waals surface area (Å²) in [5.41, 5.74) is -0.312. The number of hydrogen-bond donors (Lipinski definition) is 1. The molecule has 0 atom stereocenters. The summed E-state index contributed by atoms with van der Waals surface area (Å²) >= 11 is 0. The molecule has 0 saturated carbocycles. The van der Waals surface area contributed by atoms with Gasteiger partial charge in [0.2, 0.25) is 20.7 Å². The molecule has 2 aromatic heterocycles. The maximum absolute atomic E-state index is 12.0. The van der Waals surface area contributed by atoms with E-state index in [1.54, 1.807) is 12.1 Å². The molecule has 0 saturated heterocycles. The summed E-state index contributed by atoms with van der Waals surface area (Å²) in [5.74, 6) is -2.14. The monoisotopic (exact) mass is 297 g/mol. The Hall–Kier alpha value is -2.35. The van der Waals surface area contributed by atoms with Crippen LogP contribution in [0.15, 0.2) is 50.8 Å². The Labute approximate surface area is 114 Å². The van der Waals surface area contributed by atoms with Crippen molar-refractivity contribution in [3.63, 3.8) is 0 Å². The molecule has 2 rings (SSSR count). The maximum Gasteiger partial charge on any atom is 0.371 e. The van der Waals surface area contributed by atoms with E-state index < -0.39 is 26.7 Å². The topological polar surface area (TPSA) is 107 Å². The van der Waals surface area contributed by atoms with E-state index in [-0.39, 0.29) is 17.9 Å². The zero-order valence-electron chi connectivity index (χ0n) is 10.2. The molecule has 0 fully saturated rings. The predicted octanol–water partition coefficient (Wildman–Crippen LogP) is 0.613. The summed E-state index contributed by atoms with van der Waals surface area (Å²) in [6.07, 6.45) is 1.47. The lowest BCUT2D eigenvalue weighted by Gasteiger charge is -2.04. The van der Waals surface area contributed by atoms with Crippen molar-refractivity contribution in [1.82, 2.24) is 4.57 Å². The highest BCUT2D eigenvalue weighted by atomic mass is 32.2. The molecule has 7 nitrogen and oxygen atoms in total. The van der Waals surface area contributed by atoms with Gasteiger partial charge in [0.25, 0.3) is 5.56 Å². The van der Waals surface area contributed by atoms with Crippen LogP contribution in [0.25, 0.3) is 0 Å². The fraction of sp³-hybridized carbons (Fsp3) is 0.167. The molecule has 20 heavy (non-hydrogen) atoms. The number of hydrogen-bond acceptors (Lipinski definition) is 5. The van der Waals surface area contributed by atoms with E-state index in [4.69, 9.17) is 9.52 Å². The van der Waals surface area contributed by atoms with Gasteiger partial charge in [0.05, 0.1) is 5.75 Å². The summed E-state index contributed by atoms with van der Waals surface area (Å²) in [4.78, 5) is 22.1. The van der Waals surface area contributed by atoms with Gasteiger partial charge in [-0.2, -0.15) is 0 Å². The molecule has 0 amide bonds. The lowest BCUT2D eigenvalue weighted by molar-refractivity contribution is 0.0656. The molecule has 0 aliphatic rings. The van der Waals surface area contributed by atoms with Gasteiger partial charge >= 0.3 is 5.97 Å². The van der Waals surface area contributed by atoms with Gasteiger partial charge in [0.15, 0.2) is 0 Å². The number of carboxylic acids is 1. The second-order valence-electron chi connectivity index (χ2n) is 3.97. The minimum absolute atomic E-state index is 0.0366. The van der Waals surface area contributed by atoms with Crippen molar-refractivity contribution in [3.05, 3.63) is 52.6 Å². The van der Waals surface area contributed by atoms with Crippen LogP contribution in [0, 0.1) is 0 Å². The summed E-state index contributed by atoms with van der Waals surface area (Å²) in [7, 11) is -3.78. The summed E-state index contributed by atoms with van der Waals surface area (Å²) in [6, 6.07) is 6.65. The predicted molar refractivity (Wildman–Crippen MR) is 68.4 cm³/mol. The van der Waals surface area contributed by atoms with E-state index in [0.717, 1.165) is 12.1 Å². The molecule has 0 bridgehead atoms. The van der Waals surface area contributed by atoms with Crippen LogP contribution in [-0.2, 0) is 16.4 Å². The van der Waals surface area contributed by atoms with Crippen molar-refractivity contribution in [3.8, 4) is 0 Å². The second-order valence-corrected chi connectivity index (χ2v) is 6.02. The normalized spacial score (nSPS) is 11.4. The first-order chi connectivity index (χ1) is 9.40. The average molecular weight is 297 g/mol. The van der Waals surface area contributed by atoms with Gasteiger partial charge in [0, 0.05) is 18.8 Å². The molecule has 0 aliphatic heterocycles. The summed E-state index contributed by atoms with van der Waals surface area (Å²) < 4.78 is 29.9. The van der Waals surface area contributed by atoms with Crippen LogP contribution in [0.1, 0.15) is 10.6 Å². The van der Waals surface area contributed by atoms with Crippen LogP contribution in [0.5, 0.6) is 0 Å². The highest BCUT2D eigenvalue weighted by molar-refractivity contribution is 7.91. The second kappa shape index (κ2) is 5.33. The number of carboxylic acid groups (broad SMARTS) is 1. The van der Waals surface area contributed by atoms with Crippen molar-refractivity contribution >= 4 is 15.8 Å². The molecule has 0 spiro atoms. The smallest absolute Gasteiger partial charge is 0.371 e. The third-order valence-corrected chi connectivity index (χ3v) is 4.15. The first kappa shape index (κ1) is 14.1. The van der Waals surface area contributed by atoms with Crippen LogP contribution >= 0.6 is 0 Å². The van der Waals surface area contributed by atoms with Crippen molar-refractivity contribution in [2.24, 2.45) is 0 Å².